The molecule has 0 aromatic heterocycles. The van der Waals surface area contributed by atoms with Crippen LogP contribution in [0.2, 0.25) is 0 Å². The molecule has 21 heavy (non-hydrogen) atoms. The van der Waals surface area contributed by atoms with Crippen molar-refractivity contribution in [3.8, 4) is 5.75 Å². The summed E-state index contributed by atoms with van der Waals surface area (Å²) in [5, 5.41) is 3.18. The molecule has 1 amide bonds. The lowest BCUT2D eigenvalue weighted by molar-refractivity contribution is -0.118. The van der Waals surface area contributed by atoms with Gasteiger partial charge in [-0.2, -0.15) is 0 Å². The van der Waals surface area contributed by atoms with E-state index in [4.69, 9.17) is 10.5 Å². The molecule has 0 bridgehead atoms. The molecule has 0 aliphatic carbocycles. The third kappa shape index (κ3) is 3.54. The van der Waals surface area contributed by atoms with E-state index in [1.54, 1.807) is 7.11 Å². The highest BCUT2D eigenvalue weighted by molar-refractivity contribution is 5.85. The van der Waals surface area contributed by atoms with Crippen LogP contribution in [0, 0.1) is 13.8 Å². The Morgan fingerprint density at radius 3 is 2.33 bits per heavy atom. The topological polar surface area (TPSA) is 64.3 Å². The molecule has 1 unspecified atom stereocenters. The second kappa shape index (κ2) is 6.31. The normalized spacial score (nSPS) is 11.8. The average Bonchev–Trinajstić information content (AvgIpc) is 2.46. The van der Waals surface area contributed by atoms with Gasteiger partial charge in [0.15, 0.2) is 0 Å². The fourth-order valence-corrected chi connectivity index (χ4v) is 2.31. The first-order valence-corrected chi connectivity index (χ1v) is 6.78. The van der Waals surface area contributed by atoms with E-state index in [0.717, 1.165) is 28.1 Å². The van der Waals surface area contributed by atoms with Crippen LogP contribution >= 0.6 is 0 Å². The second-order valence-electron chi connectivity index (χ2n) is 5.07. The van der Waals surface area contributed by atoms with E-state index < -0.39 is 11.9 Å². The Labute approximate surface area is 124 Å². The lowest BCUT2D eigenvalue weighted by Gasteiger charge is -2.19. The van der Waals surface area contributed by atoms with E-state index in [2.05, 4.69) is 5.32 Å². The van der Waals surface area contributed by atoms with Crippen molar-refractivity contribution in [3.63, 3.8) is 0 Å². The standard InChI is InChI=1S/C17H20N2O2/c1-11-4-9-15(12(2)10-11)16(17(18)20)19-13-5-7-14(21-3)8-6-13/h4-10,16,19H,1-3H3,(H2,18,20). The number of ether oxygens (including phenoxy) is 1. The predicted molar refractivity (Wildman–Crippen MR) is 84.5 cm³/mol. The molecule has 4 heteroatoms. The molecule has 1 atom stereocenters. The Balaban J connectivity index is 2.28. The summed E-state index contributed by atoms with van der Waals surface area (Å²) in [4.78, 5) is 11.8. The number of amides is 1. The number of hydrogen-bond donors (Lipinski definition) is 2. The van der Waals surface area contributed by atoms with Gasteiger partial charge in [-0.3, -0.25) is 4.79 Å². The smallest absolute Gasteiger partial charge is 0.244 e. The number of methoxy groups -OCH3 is 1. The Bertz CT molecular complexity index is 636. The van der Waals surface area contributed by atoms with Crippen LogP contribution < -0.4 is 15.8 Å². The number of anilines is 1. The molecule has 3 N–H and O–H groups in total. The highest BCUT2D eigenvalue weighted by Crippen LogP contribution is 2.24. The highest BCUT2D eigenvalue weighted by atomic mass is 16.5. The zero-order valence-corrected chi connectivity index (χ0v) is 12.5. The number of carbonyl (C=O) groups excluding carboxylic acids is 1. The van der Waals surface area contributed by atoms with Gasteiger partial charge < -0.3 is 15.8 Å². The van der Waals surface area contributed by atoms with Crippen molar-refractivity contribution in [1.82, 2.24) is 0 Å². The number of aryl methyl sites for hydroxylation is 2. The molecule has 2 aromatic carbocycles. The van der Waals surface area contributed by atoms with Crippen molar-refractivity contribution in [2.45, 2.75) is 19.9 Å². The molecule has 0 radical (unpaired) electrons. The minimum Gasteiger partial charge on any atom is -0.497 e. The number of nitrogens with two attached hydrogens (primary N) is 1. The third-order valence-electron chi connectivity index (χ3n) is 3.42. The van der Waals surface area contributed by atoms with E-state index in [-0.39, 0.29) is 0 Å². The monoisotopic (exact) mass is 284 g/mol. The summed E-state index contributed by atoms with van der Waals surface area (Å²) in [6.07, 6.45) is 0. The van der Waals surface area contributed by atoms with Gasteiger partial charge in [-0.25, -0.2) is 0 Å². The van der Waals surface area contributed by atoms with Crippen LogP contribution in [0.5, 0.6) is 5.75 Å². The van der Waals surface area contributed by atoms with Crippen molar-refractivity contribution in [1.29, 1.82) is 0 Å². The maximum atomic E-state index is 11.8. The van der Waals surface area contributed by atoms with Gasteiger partial charge in [-0.15, -0.1) is 0 Å². The van der Waals surface area contributed by atoms with E-state index in [0.29, 0.717) is 0 Å². The predicted octanol–water partition coefficient (Wildman–Crippen LogP) is 2.95. The SMILES string of the molecule is COc1ccc(NC(C(N)=O)c2ccc(C)cc2C)cc1. The van der Waals surface area contributed by atoms with Gasteiger partial charge >= 0.3 is 0 Å². The molecule has 0 spiro atoms. The van der Waals surface area contributed by atoms with Gasteiger partial charge in [0.05, 0.1) is 7.11 Å². The highest BCUT2D eigenvalue weighted by Gasteiger charge is 2.19. The van der Waals surface area contributed by atoms with Gasteiger partial charge in [-0.1, -0.05) is 23.8 Å². The zero-order valence-electron chi connectivity index (χ0n) is 12.5. The fourth-order valence-electron chi connectivity index (χ4n) is 2.31. The van der Waals surface area contributed by atoms with Crippen molar-refractivity contribution < 1.29 is 9.53 Å². The molecular weight excluding hydrogens is 264 g/mol. The summed E-state index contributed by atoms with van der Waals surface area (Å²) >= 11 is 0. The van der Waals surface area contributed by atoms with Gasteiger partial charge in [-0.05, 0) is 49.2 Å². The van der Waals surface area contributed by atoms with Crippen LogP contribution in [0.25, 0.3) is 0 Å². The lowest BCUT2D eigenvalue weighted by atomic mass is 9.98. The molecule has 0 aliphatic heterocycles. The Hall–Kier alpha value is -2.49. The van der Waals surface area contributed by atoms with E-state index in [9.17, 15) is 4.79 Å². The fraction of sp³-hybridized carbons (Fsp3) is 0.235. The van der Waals surface area contributed by atoms with Crippen molar-refractivity contribution in [2.24, 2.45) is 5.73 Å². The first kappa shape index (κ1) is 14.9. The lowest BCUT2D eigenvalue weighted by Crippen LogP contribution is -2.28. The molecular formula is C17H20N2O2. The summed E-state index contributed by atoms with van der Waals surface area (Å²) in [6, 6.07) is 12.8. The molecule has 110 valence electrons. The number of benzene rings is 2. The minimum absolute atomic E-state index is 0.405. The summed E-state index contributed by atoms with van der Waals surface area (Å²) in [5.74, 6) is 0.362. The summed E-state index contributed by atoms with van der Waals surface area (Å²) in [7, 11) is 1.62. The van der Waals surface area contributed by atoms with E-state index in [1.807, 2.05) is 56.3 Å². The second-order valence-corrected chi connectivity index (χ2v) is 5.07. The number of primary amides is 1. The van der Waals surface area contributed by atoms with Crippen molar-refractivity contribution in [2.75, 3.05) is 12.4 Å². The van der Waals surface area contributed by atoms with Gasteiger partial charge in [0.2, 0.25) is 5.91 Å². The van der Waals surface area contributed by atoms with Crippen LogP contribution in [0.4, 0.5) is 5.69 Å². The van der Waals surface area contributed by atoms with E-state index >= 15 is 0 Å². The van der Waals surface area contributed by atoms with Gasteiger partial charge in [0.25, 0.3) is 0 Å². The molecule has 4 nitrogen and oxygen atoms in total. The molecule has 0 saturated carbocycles. The molecule has 0 heterocycles. The van der Waals surface area contributed by atoms with Crippen LogP contribution in [-0.4, -0.2) is 13.0 Å². The van der Waals surface area contributed by atoms with Crippen molar-refractivity contribution >= 4 is 11.6 Å². The first-order chi connectivity index (χ1) is 10.0. The van der Waals surface area contributed by atoms with Crippen LogP contribution in [0.3, 0.4) is 0 Å². The van der Waals surface area contributed by atoms with Crippen molar-refractivity contribution in [3.05, 3.63) is 59.2 Å². The van der Waals surface area contributed by atoms with E-state index in [1.165, 1.54) is 0 Å². The minimum atomic E-state index is -0.556. The summed E-state index contributed by atoms with van der Waals surface area (Å²) in [6.45, 7) is 4.00. The maximum Gasteiger partial charge on any atom is 0.244 e. The van der Waals surface area contributed by atoms with Crippen LogP contribution in [-0.2, 0) is 4.79 Å². The number of nitrogens with one attached hydrogen (secondary N) is 1. The average molecular weight is 284 g/mol. The third-order valence-corrected chi connectivity index (χ3v) is 3.42. The Kier molecular flexibility index (Phi) is 4.48. The van der Waals surface area contributed by atoms with Crippen LogP contribution in [0.1, 0.15) is 22.7 Å². The van der Waals surface area contributed by atoms with Crippen LogP contribution in [0.15, 0.2) is 42.5 Å². The molecule has 0 saturated heterocycles. The Morgan fingerprint density at radius 2 is 1.81 bits per heavy atom. The maximum absolute atomic E-state index is 11.8. The summed E-state index contributed by atoms with van der Waals surface area (Å²) < 4.78 is 5.12. The zero-order chi connectivity index (χ0) is 15.4. The largest absolute Gasteiger partial charge is 0.497 e. The first-order valence-electron chi connectivity index (χ1n) is 6.78. The number of hydrogen-bond acceptors (Lipinski definition) is 3. The molecule has 0 aliphatic rings. The quantitative estimate of drug-likeness (QED) is 0.887. The van der Waals surface area contributed by atoms with Gasteiger partial charge in [0.1, 0.15) is 11.8 Å². The molecule has 2 rings (SSSR count). The molecule has 2 aromatic rings. The Morgan fingerprint density at radius 1 is 1.14 bits per heavy atom. The number of carbonyl (C=O) groups is 1. The molecule has 0 fully saturated rings. The summed E-state index contributed by atoms with van der Waals surface area (Å²) in [5.41, 5.74) is 9.46. The van der Waals surface area contributed by atoms with Gasteiger partial charge in [0, 0.05) is 5.69 Å². The number of rotatable bonds is 5.